The maximum Gasteiger partial charge on any atom is 0.264 e. The molecular formula is C30H35Cl2N3O5S. The van der Waals surface area contributed by atoms with Crippen LogP contribution in [0.15, 0.2) is 77.7 Å². The zero-order chi connectivity index (χ0) is 30.0. The third kappa shape index (κ3) is 8.15. The first-order chi connectivity index (χ1) is 19.6. The van der Waals surface area contributed by atoms with E-state index in [4.69, 9.17) is 27.9 Å². The Labute approximate surface area is 252 Å². The van der Waals surface area contributed by atoms with Gasteiger partial charge in [0, 0.05) is 23.1 Å². The van der Waals surface area contributed by atoms with Gasteiger partial charge in [-0.2, -0.15) is 0 Å². The lowest BCUT2D eigenvalue weighted by atomic mass is 10.1. The Morgan fingerprint density at radius 3 is 2.27 bits per heavy atom. The maximum absolute atomic E-state index is 14.2. The van der Waals surface area contributed by atoms with E-state index in [2.05, 4.69) is 5.32 Å². The molecule has 11 heteroatoms. The molecule has 3 aromatic rings. The molecule has 0 fully saturated rings. The van der Waals surface area contributed by atoms with Gasteiger partial charge in [-0.3, -0.25) is 13.9 Å². The molecule has 0 radical (unpaired) electrons. The van der Waals surface area contributed by atoms with Gasteiger partial charge in [-0.05, 0) is 61.7 Å². The van der Waals surface area contributed by atoms with Gasteiger partial charge >= 0.3 is 0 Å². The van der Waals surface area contributed by atoms with Gasteiger partial charge in [-0.1, -0.05) is 73.4 Å². The summed E-state index contributed by atoms with van der Waals surface area (Å²) >= 11 is 12.5. The number of para-hydroxylation sites is 2. The summed E-state index contributed by atoms with van der Waals surface area (Å²) in [7, 11) is -4.22. The molecule has 220 valence electrons. The third-order valence-corrected chi connectivity index (χ3v) is 8.70. The van der Waals surface area contributed by atoms with Gasteiger partial charge < -0.3 is 15.0 Å². The molecule has 0 aliphatic carbocycles. The van der Waals surface area contributed by atoms with Crippen LogP contribution in [-0.2, 0) is 26.2 Å². The van der Waals surface area contributed by atoms with E-state index < -0.39 is 28.5 Å². The second kappa shape index (κ2) is 15.1. The molecule has 0 unspecified atom stereocenters. The lowest BCUT2D eigenvalue weighted by Crippen LogP contribution is -2.52. The lowest BCUT2D eigenvalue weighted by molar-refractivity contribution is -0.140. The Balaban J connectivity index is 2.11. The number of rotatable bonds is 14. The van der Waals surface area contributed by atoms with Crippen molar-refractivity contribution >= 4 is 50.7 Å². The highest BCUT2D eigenvalue weighted by atomic mass is 35.5. The summed E-state index contributed by atoms with van der Waals surface area (Å²) in [5.41, 5.74) is 0.776. The Hall–Kier alpha value is -3.27. The van der Waals surface area contributed by atoms with Crippen LogP contribution in [0, 0.1) is 0 Å². The van der Waals surface area contributed by atoms with Crippen molar-refractivity contribution in [2.24, 2.45) is 0 Å². The van der Waals surface area contributed by atoms with Gasteiger partial charge in [0.15, 0.2) is 0 Å². The first-order valence-corrected chi connectivity index (χ1v) is 15.6. The average molecular weight is 621 g/mol. The molecular weight excluding hydrogens is 585 g/mol. The molecule has 0 heterocycles. The van der Waals surface area contributed by atoms with Gasteiger partial charge in [0.05, 0.1) is 17.2 Å². The predicted molar refractivity (Wildman–Crippen MR) is 163 cm³/mol. The molecule has 3 aromatic carbocycles. The molecule has 0 aromatic heterocycles. The number of anilines is 1. The molecule has 0 bridgehead atoms. The Kier molecular flexibility index (Phi) is 11.9. The minimum absolute atomic E-state index is 0.0131. The number of sulfonamides is 1. The molecule has 8 nitrogen and oxygen atoms in total. The number of ether oxygens (including phenoxy) is 1. The number of hydrogen-bond acceptors (Lipinski definition) is 5. The molecule has 0 aliphatic heterocycles. The molecule has 2 amide bonds. The van der Waals surface area contributed by atoms with E-state index in [1.807, 2.05) is 6.92 Å². The average Bonchev–Trinajstić information content (AvgIpc) is 2.96. The first-order valence-electron chi connectivity index (χ1n) is 13.4. The van der Waals surface area contributed by atoms with Gasteiger partial charge in [0.1, 0.15) is 18.3 Å². The highest BCUT2D eigenvalue weighted by molar-refractivity contribution is 7.92. The fourth-order valence-corrected chi connectivity index (χ4v) is 6.21. The van der Waals surface area contributed by atoms with Crippen LogP contribution in [0.2, 0.25) is 10.0 Å². The summed E-state index contributed by atoms with van der Waals surface area (Å²) in [6.45, 7) is 5.64. The van der Waals surface area contributed by atoms with E-state index in [9.17, 15) is 18.0 Å². The van der Waals surface area contributed by atoms with Crippen molar-refractivity contribution in [3.05, 3.63) is 88.4 Å². The van der Waals surface area contributed by atoms with Crippen LogP contribution in [0.1, 0.15) is 39.2 Å². The minimum Gasteiger partial charge on any atom is -0.492 e. The SMILES string of the molecule is CCCNC(=O)[C@H](CC)N(Cc1ccc(Cl)cc1Cl)C(=O)CN(c1ccccc1OCC)S(=O)(=O)c1ccccc1. The van der Waals surface area contributed by atoms with Crippen molar-refractivity contribution in [2.75, 3.05) is 24.0 Å². The van der Waals surface area contributed by atoms with Crippen molar-refractivity contribution in [1.29, 1.82) is 0 Å². The fraction of sp³-hybridized carbons (Fsp3) is 0.333. The zero-order valence-corrected chi connectivity index (χ0v) is 25.7. The highest BCUT2D eigenvalue weighted by Gasteiger charge is 2.34. The standard InChI is InChI=1S/C30H35Cl2N3O5S/c1-4-18-33-30(37)26(5-2)34(20-22-16-17-23(31)19-25(22)32)29(36)21-35(27-14-10-11-15-28(27)40-6-3)41(38,39)24-12-8-7-9-13-24/h7-17,19,26H,4-6,18,20-21H2,1-3H3,(H,33,37)/t26-/m0/s1. The van der Waals surface area contributed by atoms with E-state index in [0.29, 0.717) is 40.9 Å². The molecule has 0 spiro atoms. The smallest absolute Gasteiger partial charge is 0.264 e. The number of halogens is 2. The quantitative estimate of drug-likeness (QED) is 0.242. The number of carbonyl (C=O) groups is 2. The zero-order valence-electron chi connectivity index (χ0n) is 23.3. The molecule has 0 aliphatic rings. The van der Waals surface area contributed by atoms with Gasteiger partial charge in [0.25, 0.3) is 10.0 Å². The summed E-state index contributed by atoms with van der Waals surface area (Å²) in [5, 5.41) is 3.61. The van der Waals surface area contributed by atoms with Crippen LogP contribution in [0.5, 0.6) is 5.75 Å². The van der Waals surface area contributed by atoms with Crippen molar-refractivity contribution in [2.45, 2.75) is 51.1 Å². The summed E-state index contributed by atoms with van der Waals surface area (Å²) in [4.78, 5) is 28.8. The topological polar surface area (TPSA) is 96.0 Å². The number of benzene rings is 3. The van der Waals surface area contributed by atoms with E-state index in [1.54, 1.807) is 74.5 Å². The Morgan fingerprint density at radius 1 is 0.951 bits per heavy atom. The lowest BCUT2D eigenvalue weighted by Gasteiger charge is -2.33. The molecule has 1 atom stereocenters. The van der Waals surface area contributed by atoms with Crippen molar-refractivity contribution in [3.8, 4) is 5.75 Å². The number of hydrogen-bond donors (Lipinski definition) is 1. The first kappa shape index (κ1) is 32.2. The number of nitrogens with zero attached hydrogens (tertiary/aromatic N) is 2. The van der Waals surface area contributed by atoms with Crippen LogP contribution in [-0.4, -0.2) is 50.9 Å². The van der Waals surface area contributed by atoms with Crippen LogP contribution < -0.4 is 14.4 Å². The van der Waals surface area contributed by atoms with Crippen molar-refractivity contribution < 1.29 is 22.7 Å². The number of carbonyl (C=O) groups excluding carboxylic acids is 2. The summed E-state index contributed by atoms with van der Waals surface area (Å²) in [6.07, 6.45) is 1.02. The largest absolute Gasteiger partial charge is 0.492 e. The van der Waals surface area contributed by atoms with Gasteiger partial charge in [-0.15, -0.1) is 0 Å². The Bertz CT molecular complexity index is 1440. The molecule has 0 saturated heterocycles. The van der Waals surface area contributed by atoms with Crippen LogP contribution >= 0.6 is 23.2 Å². The number of amides is 2. The van der Waals surface area contributed by atoms with Crippen LogP contribution in [0.4, 0.5) is 5.69 Å². The molecule has 3 rings (SSSR count). The number of nitrogens with one attached hydrogen (secondary N) is 1. The van der Waals surface area contributed by atoms with E-state index in [-0.39, 0.29) is 23.0 Å². The van der Waals surface area contributed by atoms with Crippen molar-refractivity contribution in [3.63, 3.8) is 0 Å². The fourth-order valence-electron chi connectivity index (χ4n) is 4.29. The van der Waals surface area contributed by atoms with E-state index in [1.165, 1.54) is 17.0 Å². The van der Waals surface area contributed by atoms with Crippen LogP contribution in [0.25, 0.3) is 0 Å². The van der Waals surface area contributed by atoms with Crippen molar-refractivity contribution in [1.82, 2.24) is 10.2 Å². The molecule has 0 saturated carbocycles. The monoisotopic (exact) mass is 619 g/mol. The molecule has 1 N–H and O–H groups in total. The van der Waals surface area contributed by atoms with Crippen LogP contribution in [0.3, 0.4) is 0 Å². The minimum atomic E-state index is -4.22. The maximum atomic E-state index is 14.2. The Morgan fingerprint density at radius 2 is 1.63 bits per heavy atom. The summed E-state index contributed by atoms with van der Waals surface area (Å²) < 4.78 is 34.8. The van der Waals surface area contributed by atoms with Gasteiger partial charge in [0.2, 0.25) is 11.8 Å². The predicted octanol–water partition coefficient (Wildman–Crippen LogP) is 5.92. The van der Waals surface area contributed by atoms with Gasteiger partial charge in [-0.25, -0.2) is 8.42 Å². The molecule has 41 heavy (non-hydrogen) atoms. The third-order valence-electron chi connectivity index (χ3n) is 6.33. The second-order valence-corrected chi connectivity index (χ2v) is 11.9. The van der Waals surface area contributed by atoms with E-state index >= 15 is 0 Å². The second-order valence-electron chi connectivity index (χ2n) is 9.20. The summed E-state index contributed by atoms with van der Waals surface area (Å²) in [5.74, 6) is -0.609. The summed E-state index contributed by atoms with van der Waals surface area (Å²) in [6, 6.07) is 18.5. The highest BCUT2D eigenvalue weighted by Crippen LogP contribution is 2.33. The van der Waals surface area contributed by atoms with E-state index in [0.717, 1.165) is 10.7 Å². The normalized spacial score (nSPS) is 11.9.